The smallest absolute Gasteiger partial charge is 0.256 e. The number of nitrogens with zero attached hydrogens (tertiary/aromatic N) is 1. The van der Waals surface area contributed by atoms with Crippen molar-refractivity contribution in [2.75, 3.05) is 20.1 Å². The fourth-order valence-electron chi connectivity index (χ4n) is 1.65. The van der Waals surface area contributed by atoms with Crippen molar-refractivity contribution in [2.45, 2.75) is 19.3 Å². The third-order valence-corrected chi connectivity index (χ3v) is 2.73. The summed E-state index contributed by atoms with van der Waals surface area (Å²) >= 11 is 0. The van der Waals surface area contributed by atoms with Crippen LogP contribution in [0.2, 0.25) is 0 Å². The minimum absolute atomic E-state index is 0.226. The number of rotatable bonds is 6. The molecular weight excluding hydrogens is 238 g/mol. The van der Waals surface area contributed by atoms with Gasteiger partial charge in [-0.25, -0.2) is 8.78 Å². The zero-order chi connectivity index (χ0) is 13.5. The molecule has 0 heterocycles. The Balaban J connectivity index is 2.60. The van der Waals surface area contributed by atoms with Crippen molar-refractivity contribution in [1.82, 2.24) is 4.90 Å². The number of amides is 1. The average molecular weight is 256 g/mol. The summed E-state index contributed by atoms with van der Waals surface area (Å²) in [7, 11) is 1.58. The van der Waals surface area contributed by atoms with Crippen molar-refractivity contribution >= 4 is 5.91 Å². The predicted molar refractivity (Wildman–Crippen MR) is 66.2 cm³/mol. The van der Waals surface area contributed by atoms with Crippen LogP contribution in [0.5, 0.6) is 0 Å². The number of nitrogens with two attached hydrogens (primary N) is 1. The molecule has 18 heavy (non-hydrogen) atoms. The summed E-state index contributed by atoms with van der Waals surface area (Å²) in [6, 6.07) is 3.61. The Morgan fingerprint density at radius 1 is 1.28 bits per heavy atom. The van der Waals surface area contributed by atoms with Crippen molar-refractivity contribution in [2.24, 2.45) is 5.73 Å². The molecule has 0 spiro atoms. The van der Waals surface area contributed by atoms with Crippen LogP contribution in [0.3, 0.4) is 0 Å². The number of halogens is 2. The Hall–Kier alpha value is -1.49. The van der Waals surface area contributed by atoms with Crippen LogP contribution in [-0.2, 0) is 0 Å². The van der Waals surface area contributed by atoms with Crippen LogP contribution < -0.4 is 5.73 Å². The molecule has 0 radical (unpaired) electrons. The third-order valence-electron chi connectivity index (χ3n) is 2.73. The highest BCUT2D eigenvalue weighted by Gasteiger charge is 2.18. The molecule has 0 aliphatic heterocycles. The zero-order valence-corrected chi connectivity index (χ0v) is 10.5. The van der Waals surface area contributed by atoms with E-state index in [2.05, 4.69) is 0 Å². The Labute approximate surface area is 106 Å². The Morgan fingerprint density at radius 3 is 2.67 bits per heavy atom. The zero-order valence-electron chi connectivity index (χ0n) is 10.5. The second-order valence-electron chi connectivity index (χ2n) is 4.18. The van der Waals surface area contributed by atoms with Gasteiger partial charge in [0.2, 0.25) is 0 Å². The second-order valence-corrected chi connectivity index (χ2v) is 4.18. The van der Waals surface area contributed by atoms with E-state index < -0.39 is 17.5 Å². The molecule has 3 nitrogen and oxygen atoms in total. The maximum Gasteiger partial charge on any atom is 0.256 e. The van der Waals surface area contributed by atoms with E-state index in [-0.39, 0.29) is 5.56 Å². The van der Waals surface area contributed by atoms with Crippen LogP contribution >= 0.6 is 0 Å². The number of carbonyl (C=O) groups is 1. The summed E-state index contributed by atoms with van der Waals surface area (Å²) in [4.78, 5) is 13.3. The van der Waals surface area contributed by atoms with Crippen molar-refractivity contribution in [1.29, 1.82) is 0 Å². The first-order valence-corrected chi connectivity index (χ1v) is 5.97. The van der Waals surface area contributed by atoms with E-state index in [0.717, 1.165) is 25.3 Å². The molecule has 0 saturated carbocycles. The average Bonchev–Trinajstić information content (AvgIpc) is 2.37. The van der Waals surface area contributed by atoms with Crippen LogP contribution in [0.1, 0.15) is 29.6 Å². The molecule has 0 aliphatic rings. The number of carbonyl (C=O) groups excluding carboxylic acids is 1. The minimum atomic E-state index is -1.09. The maximum atomic E-state index is 13.4. The van der Waals surface area contributed by atoms with Gasteiger partial charge in [-0.15, -0.1) is 0 Å². The first-order chi connectivity index (χ1) is 8.57. The lowest BCUT2D eigenvalue weighted by Crippen LogP contribution is -2.28. The van der Waals surface area contributed by atoms with Crippen molar-refractivity contribution in [3.8, 4) is 0 Å². The molecule has 0 aliphatic carbocycles. The van der Waals surface area contributed by atoms with E-state index in [9.17, 15) is 13.6 Å². The first kappa shape index (κ1) is 14.6. The second kappa shape index (κ2) is 7.06. The van der Waals surface area contributed by atoms with Crippen LogP contribution in [0.4, 0.5) is 8.78 Å². The van der Waals surface area contributed by atoms with Gasteiger partial charge >= 0.3 is 0 Å². The number of unbranched alkanes of at least 4 members (excludes halogenated alkanes) is 2. The van der Waals surface area contributed by atoms with Crippen LogP contribution in [0.25, 0.3) is 0 Å². The quantitative estimate of drug-likeness (QED) is 0.793. The van der Waals surface area contributed by atoms with Crippen molar-refractivity contribution in [3.05, 3.63) is 35.4 Å². The molecule has 0 unspecified atom stereocenters. The van der Waals surface area contributed by atoms with Crippen LogP contribution in [0, 0.1) is 11.6 Å². The van der Waals surface area contributed by atoms with E-state index in [1.807, 2.05) is 0 Å². The molecule has 1 amide bonds. The molecule has 0 saturated heterocycles. The van der Waals surface area contributed by atoms with Gasteiger partial charge < -0.3 is 10.6 Å². The highest BCUT2D eigenvalue weighted by Crippen LogP contribution is 2.13. The maximum absolute atomic E-state index is 13.4. The minimum Gasteiger partial charge on any atom is -0.342 e. The third kappa shape index (κ3) is 3.77. The predicted octanol–water partition coefficient (Wildman–Crippen LogP) is 2.17. The normalized spacial score (nSPS) is 10.4. The summed E-state index contributed by atoms with van der Waals surface area (Å²) in [6.45, 7) is 1.13. The summed E-state index contributed by atoms with van der Waals surface area (Å²) in [5, 5.41) is 0. The molecule has 0 fully saturated rings. The highest BCUT2D eigenvalue weighted by atomic mass is 19.2. The van der Waals surface area contributed by atoms with E-state index in [4.69, 9.17) is 5.73 Å². The van der Waals surface area contributed by atoms with Gasteiger partial charge in [0.25, 0.3) is 5.91 Å². The summed E-state index contributed by atoms with van der Waals surface area (Å²) in [5.74, 6) is -2.59. The van der Waals surface area contributed by atoms with Crippen molar-refractivity contribution < 1.29 is 13.6 Å². The SMILES string of the molecule is CN(CCCCCN)C(=O)c1cccc(F)c1F. The molecule has 2 N–H and O–H groups in total. The summed E-state index contributed by atoms with van der Waals surface area (Å²) < 4.78 is 26.4. The van der Waals surface area contributed by atoms with Gasteiger partial charge in [0.05, 0.1) is 5.56 Å². The Morgan fingerprint density at radius 2 is 2.00 bits per heavy atom. The largest absolute Gasteiger partial charge is 0.342 e. The van der Waals surface area contributed by atoms with Gasteiger partial charge in [-0.1, -0.05) is 12.5 Å². The molecule has 0 aromatic heterocycles. The fraction of sp³-hybridized carbons (Fsp3) is 0.462. The molecule has 0 bridgehead atoms. The number of hydrogen-bond acceptors (Lipinski definition) is 2. The van der Waals surface area contributed by atoms with Gasteiger partial charge in [0, 0.05) is 13.6 Å². The molecule has 0 atom stereocenters. The molecule has 1 aromatic rings. The van der Waals surface area contributed by atoms with Crippen molar-refractivity contribution in [3.63, 3.8) is 0 Å². The number of benzene rings is 1. The first-order valence-electron chi connectivity index (χ1n) is 5.97. The molecule has 5 heteroatoms. The monoisotopic (exact) mass is 256 g/mol. The lowest BCUT2D eigenvalue weighted by atomic mass is 10.1. The lowest BCUT2D eigenvalue weighted by Gasteiger charge is -2.17. The van der Waals surface area contributed by atoms with E-state index in [1.165, 1.54) is 17.0 Å². The molecule has 100 valence electrons. The van der Waals surface area contributed by atoms with Crippen LogP contribution in [0.15, 0.2) is 18.2 Å². The Kier molecular flexibility index (Phi) is 5.71. The fourth-order valence-corrected chi connectivity index (χ4v) is 1.65. The van der Waals surface area contributed by atoms with Gasteiger partial charge in [0.1, 0.15) is 0 Å². The summed E-state index contributed by atoms with van der Waals surface area (Å²) in [5.41, 5.74) is 5.14. The van der Waals surface area contributed by atoms with Gasteiger partial charge in [-0.3, -0.25) is 4.79 Å². The number of hydrogen-bond donors (Lipinski definition) is 1. The van der Waals surface area contributed by atoms with E-state index in [1.54, 1.807) is 7.05 Å². The molecule has 1 rings (SSSR count). The Bertz CT molecular complexity index is 410. The van der Waals surface area contributed by atoms with Gasteiger partial charge in [-0.05, 0) is 31.5 Å². The molecular formula is C13H18F2N2O. The van der Waals surface area contributed by atoms with E-state index >= 15 is 0 Å². The molecule has 1 aromatic carbocycles. The summed E-state index contributed by atoms with van der Waals surface area (Å²) in [6.07, 6.45) is 2.62. The standard InChI is InChI=1S/C13H18F2N2O/c1-17(9-4-2-3-8-16)13(18)10-6-5-7-11(14)12(10)15/h5-7H,2-4,8-9,16H2,1H3. The van der Waals surface area contributed by atoms with Gasteiger partial charge in [-0.2, -0.15) is 0 Å². The van der Waals surface area contributed by atoms with E-state index in [0.29, 0.717) is 13.1 Å². The highest BCUT2D eigenvalue weighted by molar-refractivity contribution is 5.94. The van der Waals surface area contributed by atoms with Crippen LogP contribution in [-0.4, -0.2) is 30.9 Å². The lowest BCUT2D eigenvalue weighted by molar-refractivity contribution is 0.0787. The van der Waals surface area contributed by atoms with Gasteiger partial charge in [0.15, 0.2) is 11.6 Å². The topological polar surface area (TPSA) is 46.3 Å².